The van der Waals surface area contributed by atoms with Crippen molar-refractivity contribution in [3.05, 3.63) is 29.8 Å². The van der Waals surface area contributed by atoms with Gasteiger partial charge in [0.15, 0.2) is 9.84 Å². The van der Waals surface area contributed by atoms with Gasteiger partial charge in [-0.15, -0.1) is 0 Å². The van der Waals surface area contributed by atoms with Gasteiger partial charge in [0.1, 0.15) is 0 Å². The van der Waals surface area contributed by atoms with E-state index in [1.165, 1.54) is 0 Å². The quantitative estimate of drug-likeness (QED) is 0.869. The lowest BCUT2D eigenvalue weighted by Crippen LogP contribution is -2.22. The molecule has 1 N–H and O–H groups in total. The Morgan fingerprint density at radius 2 is 1.84 bits per heavy atom. The second kappa shape index (κ2) is 5.74. The Bertz CT molecular complexity index is 541. The highest BCUT2D eigenvalue weighted by atomic mass is 32.2. The number of rotatable bonds is 6. The van der Waals surface area contributed by atoms with E-state index in [9.17, 15) is 13.2 Å². The Balaban J connectivity index is 2.02. The van der Waals surface area contributed by atoms with Crippen molar-refractivity contribution in [2.24, 2.45) is 5.92 Å². The maximum atomic E-state index is 12.1. The van der Waals surface area contributed by atoms with Crippen LogP contribution in [0.2, 0.25) is 0 Å². The summed E-state index contributed by atoms with van der Waals surface area (Å²) in [5.74, 6) is -0.292. The van der Waals surface area contributed by atoms with Gasteiger partial charge in [0.25, 0.3) is 0 Å². The second-order valence-electron chi connectivity index (χ2n) is 5.12. The molecule has 0 aromatic heterocycles. The molecule has 104 valence electrons. The van der Waals surface area contributed by atoms with Crippen LogP contribution in [0.4, 0.5) is 0 Å². The Morgan fingerprint density at radius 1 is 1.21 bits per heavy atom. The summed E-state index contributed by atoms with van der Waals surface area (Å²) in [4.78, 5) is 10.8. The van der Waals surface area contributed by atoms with Crippen molar-refractivity contribution in [3.63, 3.8) is 0 Å². The molecular weight excluding hydrogens is 264 g/mol. The second-order valence-corrected chi connectivity index (χ2v) is 7.15. The monoisotopic (exact) mass is 282 g/mol. The van der Waals surface area contributed by atoms with Gasteiger partial charge in [-0.2, -0.15) is 0 Å². The maximum Gasteiger partial charge on any atom is 0.303 e. The molecule has 0 amide bonds. The first-order valence-electron chi connectivity index (χ1n) is 6.51. The van der Waals surface area contributed by atoms with Crippen LogP contribution in [-0.2, 0) is 21.1 Å². The summed E-state index contributed by atoms with van der Waals surface area (Å²) in [5.41, 5.74) is 0.852. The van der Waals surface area contributed by atoms with Gasteiger partial charge in [0, 0.05) is 6.42 Å². The number of carboxylic acids is 1. The summed E-state index contributed by atoms with van der Waals surface area (Å²) < 4.78 is 24.2. The summed E-state index contributed by atoms with van der Waals surface area (Å²) in [6.45, 7) is 0. The van der Waals surface area contributed by atoms with Gasteiger partial charge >= 0.3 is 5.97 Å². The summed E-state index contributed by atoms with van der Waals surface area (Å²) in [6.07, 6.45) is 3.65. The predicted octanol–water partition coefficient (Wildman–Crippen LogP) is 2.28. The highest BCUT2D eigenvalue weighted by Gasteiger charge is 2.25. The van der Waals surface area contributed by atoms with Gasteiger partial charge in [-0.1, -0.05) is 18.6 Å². The third-order valence-corrected chi connectivity index (χ3v) is 5.49. The molecule has 2 rings (SSSR count). The van der Waals surface area contributed by atoms with Crippen molar-refractivity contribution < 1.29 is 18.3 Å². The topological polar surface area (TPSA) is 71.4 Å². The van der Waals surface area contributed by atoms with E-state index in [-0.39, 0.29) is 12.2 Å². The molecule has 0 radical (unpaired) electrons. The smallest absolute Gasteiger partial charge is 0.303 e. The standard InChI is InChI=1S/C14H18O4S/c15-14(16)9-6-11-4-7-13(8-5-11)19(17,18)10-12-2-1-3-12/h4-5,7-8,12H,1-3,6,9-10H2,(H,15,16). The predicted molar refractivity (Wildman–Crippen MR) is 71.8 cm³/mol. The average molecular weight is 282 g/mol. The van der Waals surface area contributed by atoms with Crippen molar-refractivity contribution >= 4 is 15.8 Å². The Labute approximate surface area is 113 Å². The molecule has 19 heavy (non-hydrogen) atoms. The number of hydrogen-bond donors (Lipinski definition) is 1. The zero-order chi connectivity index (χ0) is 13.9. The van der Waals surface area contributed by atoms with Crippen LogP contribution in [0.15, 0.2) is 29.2 Å². The van der Waals surface area contributed by atoms with Crippen molar-refractivity contribution in [1.29, 1.82) is 0 Å². The molecule has 1 aromatic rings. The molecule has 1 saturated carbocycles. The van der Waals surface area contributed by atoms with Gasteiger partial charge in [0.05, 0.1) is 10.6 Å². The van der Waals surface area contributed by atoms with Crippen LogP contribution < -0.4 is 0 Å². The molecule has 5 heteroatoms. The van der Waals surface area contributed by atoms with Crippen molar-refractivity contribution in [3.8, 4) is 0 Å². The third kappa shape index (κ3) is 3.80. The third-order valence-electron chi connectivity index (χ3n) is 3.59. The number of carboxylic acid groups (broad SMARTS) is 1. The molecule has 0 bridgehead atoms. The maximum absolute atomic E-state index is 12.1. The van der Waals surface area contributed by atoms with E-state index < -0.39 is 15.8 Å². The first kappa shape index (κ1) is 14.1. The van der Waals surface area contributed by atoms with Crippen LogP contribution in [0, 0.1) is 5.92 Å². The SMILES string of the molecule is O=C(O)CCc1ccc(S(=O)(=O)CC2CCC2)cc1. The molecule has 0 heterocycles. The minimum absolute atomic E-state index is 0.0637. The average Bonchev–Trinajstić information content (AvgIpc) is 2.32. The van der Waals surface area contributed by atoms with E-state index in [1.807, 2.05) is 0 Å². The van der Waals surface area contributed by atoms with E-state index in [1.54, 1.807) is 24.3 Å². The van der Waals surface area contributed by atoms with Crippen LogP contribution in [0.3, 0.4) is 0 Å². The summed E-state index contributed by atoms with van der Waals surface area (Å²) in [5, 5.41) is 8.60. The molecule has 0 aliphatic heterocycles. The van der Waals surface area contributed by atoms with Crippen LogP contribution >= 0.6 is 0 Å². The van der Waals surface area contributed by atoms with E-state index in [0.29, 0.717) is 17.2 Å². The fourth-order valence-corrected chi connectivity index (χ4v) is 3.88. The molecule has 1 aliphatic carbocycles. The summed E-state index contributed by atoms with van der Waals surface area (Å²) >= 11 is 0. The Kier molecular flexibility index (Phi) is 4.24. The molecule has 0 unspecified atom stereocenters. The molecule has 1 fully saturated rings. The zero-order valence-corrected chi connectivity index (χ0v) is 11.5. The largest absolute Gasteiger partial charge is 0.481 e. The normalized spacial score (nSPS) is 16.0. The lowest BCUT2D eigenvalue weighted by Gasteiger charge is -2.24. The van der Waals surface area contributed by atoms with E-state index >= 15 is 0 Å². The number of carbonyl (C=O) groups is 1. The zero-order valence-electron chi connectivity index (χ0n) is 10.7. The Morgan fingerprint density at radius 3 is 2.32 bits per heavy atom. The number of aliphatic carboxylic acids is 1. The number of sulfone groups is 1. The number of aryl methyl sites for hydroxylation is 1. The van der Waals surface area contributed by atoms with Crippen molar-refractivity contribution in [2.75, 3.05) is 5.75 Å². The minimum atomic E-state index is -3.18. The fourth-order valence-electron chi connectivity index (χ4n) is 2.18. The molecule has 1 aliphatic rings. The first-order chi connectivity index (χ1) is 8.97. The summed E-state index contributed by atoms with van der Waals surface area (Å²) in [6, 6.07) is 6.59. The van der Waals surface area contributed by atoms with Gasteiger partial charge in [-0.3, -0.25) is 4.79 Å². The van der Waals surface area contributed by atoms with E-state index in [4.69, 9.17) is 5.11 Å². The Hall–Kier alpha value is -1.36. The van der Waals surface area contributed by atoms with Gasteiger partial charge < -0.3 is 5.11 Å². The minimum Gasteiger partial charge on any atom is -0.481 e. The lowest BCUT2D eigenvalue weighted by atomic mass is 9.87. The molecular formula is C14H18O4S. The van der Waals surface area contributed by atoms with E-state index in [0.717, 1.165) is 24.8 Å². The molecule has 0 saturated heterocycles. The fraction of sp³-hybridized carbons (Fsp3) is 0.500. The van der Waals surface area contributed by atoms with Crippen LogP contribution in [0.25, 0.3) is 0 Å². The highest BCUT2D eigenvalue weighted by molar-refractivity contribution is 7.91. The van der Waals surface area contributed by atoms with Gasteiger partial charge in [0.2, 0.25) is 0 Å². The number of benzene rings is 1. The highest BCUT2D eigenvalue weighted by Crippen LogP contribution is 2.29. The van der Waals surface area contributed by atoms with Crippen molar-refractivity contribution in [1.82, 2.24) is 0 Å². The molecule has 0 atom stereocenters. The van der Waals surface area contributed by atoms with Crippen LogP contribution in [0.5, 0.6) is 0 Å². The summed E-state index contributed by atoms with van der Waals surface area (Å²) in [7, 11) is -3.18. The van der Waals surface area contributed by atoms with Crippen molar-refractivity contribution in [2.45, 2.75) is 37.0 Å². The molecule has 0 spiro atoms. The van der Waals surface area contributed by atoms with Crippen LogP contribution in [0.1, 0.15) is 31.2 Å². The van der Waals surface area contributed by atoms with Gasteiger partial charge in [-0.25, -0.2) is 8.42 Å². The van der Waals surface area contributed by atoms with E-state index in [2.05, 4.69) is 0 Å². The lowest BCUT2D eigenvalue weighted by molar-refractivity contribution is -0.136. The van der Waals surface area contributed by atoms with Gasteiger partial charge in [-0.05, 0) is 42.9 Å². The first-order valence-corrected chi connectivity index (χ1v) is 8.16. The molecule has 4 nitrogen and oxygen atoms in total. The molecule has 1 aromatic carbocycles. The number of hydrogen-bond acceptors (Lipinski definition) is 3. The van der Waals surface area contributed by atoms with Crippen LogP contribution in [-0.4, -0.2) is 25.2 Å².